The van der Waals surface area contributed by atoms with E-state index in [1.54, 1.807) is 0 Å². The number of hydrogen-bond acceptors (Lipinski definition) is 1. The average Bonchev–Trinajstić information content (AvgIpc) is 3.08. The summed E-state index contributed by atoms with van der Waals surface area (Å²) in [5.41, 5.74) is 11.6. The van der Waals surface area contributed by atoms with Crippen LogP contribution >= 0.6 is 0 Å². The molecule has 4 aromatic carbocycles. The maximum Gasteiger partial charge on any atom is 0.0664 e. The Balaban J connectivity index is 1.92. The van der Waals surface area contributed by atoms with Crippen LogP contribution in [0.5, 0.6) is 0 Å². The maximum absolute atomic E-state index is 4.76. The van der Waals surface area contributed by atoms with Crippen LogP contribution in [0.25, 0.3) is 16.7 Å². The third-order valence-electron chi connectivity index (χ3n) is 8.49. The van der Waals surface area contributed by atoms with E-state index in [4.69, 9.17) is 6.58 Å². The lowest BCUT2D eigenvalue weighted by atomic mass is 9.60. The van der Waals surface area contributed by atoms with Crippen LogP contribution in [0.3, 0.4) is 0 Å². The van der Waals surface area contributed by atoms with Gasteiger partial charge < -0.3 is 5.32 Å². The Kier molecular flexibility index (Phi) is 11.5. The lowest BCUT2D eigenvalue weighted by Crippen LogP contribution is -2.35. The van der Waals surface area contributed by atoms with Crippen LogP contribution in [0, 0.1) is 5.92 Å². The summed E-state index contributed by atoms with van der Waals surface area (Å²) in [5.74, 6) is 0.224. The van der Waals surface area contributed by atoms with Crippen molar-refractivity contribution >= 4 is 16.9 Å². The van der Waals surface area contributed by atoms with Crippen molar-refractivity contribution in [3.63, 3.8) is 0 Å². The fourth-order valence-corrected chi connectivity index (χ4v) is 6.36. The predicted molar refractivity (Wildman–Crippen MR) is 204 cm³/mol. The number of hydrogen-bond donors (Lipinski definition) is 1. The molecule has 0 saturated heterocycles. The van der Waals surface area contributed by atoms with Gasteiger partial charge in [-0.1, -0.05) is 149 Å². The zero-order valence-electron chi connectivity index (χ0n) is 27.9. The first kappa shape index (κ1) is 33.7. The van der Waals surface area contributed by atoms with Gasteiger partial charge in [0.15, 0.2) is 0 Å². The minimum Gasteiger partial charge on any atom is -0.356 e. The summed E-state index contributed by atoms with van der Waals surface area (Å²) in [5, 5.41) is 3.61. The second-order valence-electron chi connectivity index (χ2n) is 11.8. The average molecular weight is 602 g/mol. The molecule has 0 heterocycles. The number of rotatable bonds is 14. The van der Waals surface area contributed by atoms with Gasteiger partial charge >= 0.3 is 0 Å². The van der Waals surface area contributed by atoms with Gasteiger partial charge in [0, 0.05) is 11.4 Å². The third-order valence-corrected chi connectivity index (χ3v) is 8.49. The van der Waals surface area contributed by atoms with E-state index in [9.17, 15) is 0 Å². The van der Waals surface area contributed by atoms with E-state index in [1.807, 2.05) is 18.2 Å². The summed E-state index contributed by atoms with van der Waals surface area (Å²) >= 11 is 0. The minimum absolute atomic E-state index is 0.224. The van der Waals surface area contributed by atoms with E-state index < -0.39 is 5.41 Å². The Morgan fingerprint density at radius 1 is 0.761 bits per heavy atom. The highest BCUT2D eigenvalue weighted by molar-refractivity contribution is 5.77. The van der Waals surface area contributed by atoms with Gasteiger partial charge in [-0.2, -0.15) is 0 Å². The van der Waals surface area contributed by atoms with Gasteiger partial charge in [0.05, 0.1) is 5.41 Å². The molecule has 1 nitrogen and oxygen atoms in total. The molecule has 0 saturated carbocycles. The molecule has 0 fully saturated rings. The van der Waals surface area contributed by atoms with Gasteiger partial charge in [-0.05, 0) is 101 Å². The van der Waals surface area contributed by atoms with Crippen LogP contribution in [0.4, 0.5) is 11.4 Å². The normalized spacial score (nSPS) is 13.1. The molecule has 0 bridgehead atoms. The SMILES string of the molecule is C=CCc1c(C(=C)C=C)cccc1C(C(=C)/C=C\C)(/C(=C/C=C\C)C(C)C)c1ccc(Nc2ccc(-c3ccccc3)cc2)cc1. The van der Waals surface area contributed by atoms with Crippen molar-refractivity contribution in [3.8, 4) is 11.1 Å². The van der Waals surface area contributed by atoms with Crippen molar-refractivity contribution in [1.82, 2.24) is 0 Å². The van der Waals surface area contributed by atoms with Crippen LogP contribution in [-0.2, 0) is 11.8 Å². The Hall–Kier alpha value is -5.14. The number of allylic oxidation sites excluding steroid dienone is 10. The molecule has 0 radical (unpaired) electrons. The van der Waals surface area contributed by atoms with Gasteiger partial charge in [0.2, 0.25) is 0 Å². The zero-order valence-corrected chi connectivity index (χ0v) is 27.9. The molecule has 1 heteroatoms. The minimum atomic E-state index is -0.647. The van der Waals surface area contributed by atoms with E-state index in [0.29, 0.717) is 6.42 Å². The molecule has 0 spiro atoms. The fourth-order valence-electron chi connectivity index (χ4n) is 6.36. The monoisotopic (exact) mass is 601 g/mol. The van der Waals surface area contributed by atoms with Crippen molar-refractivity contribution in [2.75, 3.05) is 5.32 Å². The van der Waals surface area contributed by atoms with E-state index in [0.717, 1.165) is 33.6 Å². The van der Waals surface area contributed by atoms with Crippen molar-refractivity contribution in [1.29, 1.82) is 0 Å². The molecular formula is C45H47N. The van der Waals surface area contributed by atoms with E-state index in [1.165, 1.54) is 27.8 Å². The first-order valence-corrected chi connectivity index (χ1v) is 16.0. The molecule has 0 aliphatic heterocycles. The molecule has 0 aromatic heterocycles. The molecule has 0 amide bonds. The molecular weight excluding hydrogens is 555 g/mol. The smallest absolute Gasteiger partial charge is 0.0664 e. The van der Waals surface area contributed by atoms with Gasteiger partial charge in [0.25, 0.3) is 0 Å². The van der Waals surface area contributed by atoms with Crippen molar-refractivity contribution in [2.45, 2.75) is 39.5 Å². The quantitative estimate of drug-likeness (QED) is 0.112. The van der Waals surface area contributed by atoms with Crippen molar-refractivity contribution < 1.29 is 0 Å². The lowest BCUT2D eigenvalue weighted by molar-refractivity contribution is 0.601. The molecule has 1 N–H and O–H groups in total. The summed E-state index contributed by atoms with van der Waals surface area (Å²) < 4.78 is 0. The van der Waals surface area contributed by atoms with Gasteiger partial charge in [-0.3, -0.25) is 0 Å². The largest absolute Gasteiger partial charge is 0.356 e. The molecule has 232 valence electrons. The highest BCUT2D eigenvalue weighted by Crippen LogP contribution is 2.50. The van der Waals surface area contributed by atoms with E-state index >= 15 is 0 Å². The van der Waals surface area contributed by atoms with Crippen LogP contribution in [0.1, 0.15) is 49.9 Å². The van der Waals surface area contributed by atoms with Gasteiger partial charge in [0.1, 0.15) is 0 Å². The predicted octanol–water partition coefficient (Wildman–Crippen LogP) is 12.6. The van der Waals surface area contributed by atoms with Crippen LogP contribution in [-0.4, -0.2) is 0 Å². The van der Waals surface area contributed by atoms with Crippen LogP contribution in [0.15, 0.2) is 177 Å². The topological polar surface area (TPSA) is 12.0 Å². The Labute approximate surface area is 277 Å². The number of anilines is 2. The Bertz CT molecular complexity index is 1760. The molecule has 0 aliphatic carbocycles. The molecule has 1 unspecified atom stereocenters. The van der Waals surface area contributed by atoms with Crippen molar-refractivity contribution in [3.05, 3.63) is 199 Å². The number of nitrogens with one attached hydrogen (secondary N) is 1. The molecule has 4 rings (SSSR count). The first-order valence-electron chi connectivity index (χ1n) is 16.0. The second kappa shape index (κ2) is 15.7. The highest BCUT2D eigenvalue weighted by Gasteiger charge is 2.42. The number of benzene rings is 4. The summed E-state index contributed by atoms with van der Waals surface area (Å²) in [7, 11) is 0. The standard InChI is InChI=1S/C45H47N/c1-9-13-23-43(33(5)6)45(35(8)18-10-2,44-24-17-22-41(34(7)12-4)42(44)19-11-3)38-27-31-40(32-28-38)46-39-29-25-37(26-30-39)36-20-15-14-16-21-36/h9-18,20-33,46H,3-4,7-8,19H2,1-2,5-6H3/b13-9-,18-10-,43-23+. The molecule has 4 aromatic rings. The van der Waals surface area contributed by atoms with E-state index in [-0.39, 0.29) is 5.92 Å². The first-order chi connectivity index (χ1) is 22.3. The summed E-state index contributed by atoms with van der Waals surface area (Å²) in [6, 6.07) is 34.4. The molecule has 1 atom stereocenters. The molecule has 0 aliphatic rings. The zero-order chi connectivity index (χ0) is 33.1. The van der Waals surface area contributed by atoms with E-state index in [2.05, 4.69) is 174 Å². The summed E-state index contributed by atoms with van der Waals surface area (Å²) in [6.07, 6.45) is 15.2. The Morgan fingerprint density at radius 2 is 1.39 bits per heavy atom. The second-order valence-corrected chi connectivity index (χ2v) is 11.8. The van der Waals surface area contributed by atoms with Crippen molar-refractivity contribution in [2.24, 2.45) is 5.92 Å². The van der Waals surface area contributed by atoms with Crippen LogP contribution in [0.2, 0.25) is 0 Å². The Morgan fingerprint density at radius 3 is 1.96 bits per heavy atom. The fraction of sp³-hybridized carbons (Fsp3) is 0.156. The lowest BCUT2D eigenvalue weighted by Gasteiger charge is -2.42. The third kappa shape index (κ3) is 7.05. The highest BCUT2D eigenvalue weighted by atomic mass is 14.9. The summed E-state index contributed by atoms with van der Waals surface area (Å²) in [4.78, 5) is 0. The summed E-state index contributed by atoms with van der Waals surface area (Å²) in [6.45, 7) is 25.9. The van der Waals surface area contributed by atoms with Gasteiger partial charge in [-0.15, -0.1) is 6.58 Å². The molecule has 46 heavy (non-hydrogen) atoms. The maximum atomic E-state index is 4.76. The van der Waals surface area contributed by atoms with Gasteiger partial charge in [-0.25, -0.2) is 0 Å². The van der Waals surface area contributed by atoms with Crippen LogP contribution < -0.4 is 5.32 Å².